The van der Waals surface area contributed by atoms with E-state index in [1.54, 1.807) is 18.3 Å². The highest BCUT2D eigenvalue weighted by atomic mass is 32.1. The monoisotopic (exact) mass is 345 g/mol. The van der Waals surface area contributed by atoms with Crippen LogP contribution < -0.4 is 0 Å². The van der Waals surface area contributed by atoms with Crippen molar-refractivity contribution in [1.29, 1.82) is 0 Å². The number of aliphatic hydroxyl groups excluding tert-OH is 1. The summed E-state index contributed by atoms with van der Waals surface area (Å²) in [5.74, 6) is 0.0774. The summed E-state index contributed by atoms with van der Waals surface area (Å²) in [6.07, 6.45) is -0.325. The maximum absolute atomic E-state index is 12.6. The molecule has 6 heteroatoms. The number of β-amino-alcohol motifs (C(OH)–C–C–N with tert-alkyl or cyclic N) is 1. The normalized spacial score (nSPS) is 17.0. The SMILES string of the molecule is Cc1csc(-c2ccc(C(=O)N3CCN(C[C@H](C)O)CC3)cc2)n1. The van der Waals surface area contributed by atoms with Gasteiger partial charge in [-0.2, -0.15) is 0 Å². The van der Waals surface area contributed by atoms with E-state index >= 15 is 0 Å². The number of hydrogen-bond donors (Lipinski definition) is 1. The summed E-state index contributed by atoms with van der Waals surface area (Å²) in [5.41, 5.74) is 2.78. The molecule has 1 aromatic heterocycles. The van der Waals surface area contributed by atoms with Gasteiger partial charge in [0, 0.05) is 54.9 Å². The van der Waals surface area contributed by atoms with E-state index < -0.39 is 0 Å². The first-order valence-corrected chi connectivity index (χ1v) is 9.13. The molecule has 1 aliphatic heterocycles. The third kappa shape index (κ3) is 4.01. The number of piperazine rings is 1. The van der Waals surface area contributed by atoms with Crippen LogP contribution in [0.4, 0.5) is 0 Å². The van der Waals surface area contributed by atoms with Crippen molar-refractivity contribution < 1.29 is 9.90 Å². The largest absolute Gasteiger partial charge is 0.392 e. The van der Waals surface area contributed by atoms with E-state index in [0.717, 1.165) is 34.9 Å². The highest BCUT2D eigenvalue weighted by molar-refractivity contribution is 7.13. The lowest BCUT2D eigenvalue weighted by atomic mass is 10.1. The molecule has 1 amide bonds. The number of rotatable bonds is 4. The van der Waals surface area contributed by atoms with Crippen molar-refractivity contribution in [3.8, 4) is 10.6 Å². The molecule has 0 spiro atoms. The minimum Gasteiger partial charge on any atom is -0.392 e. The molecule has 128 valence electrons. The Bertz CT molecular complexity index is 689. The summed E-state index contributed by atoms with van der Waals surface area (Å²) in [7, 11) is 0. The number of amides is 1. The number of thiazole rings is 1. The van der Waals surface area contributed by atoms with Crippen LogP contribution in [-0.4, -0.2) is 64.6 Å². The topological polar surface area (TPSA) is 56.7 Å². The summed E-state index contributed by atoms with van der Waals surface area (Å²) in [6.45, 7) is 7.49. The third-order valence-electron chi connectivity index (χ3n) is 4.18. The standard InChI is InChI=1S/C18H23N3O2S/c1-13-12-24-17(19-13)15-3-5-16(6-4-15)18(23)21-9-7-20(8-10-21)11-14(2)22/h3-6,12,14,22H,7-11H2,1-2H3/t14-/m0/s1. The Morgan fingerprint density at radius 1 is 1.25 bits per heavy atom. The van der Waals surface area contributed by atoms with Gasteiger partial charge in [0.05, 0.1) is 6.10 Å². The third-order valence-corrected chi connectivity index (χ3v) is 5.19. The first-order valence-electron chi connectivity index (χ1n) is 8.25. The van der Waals surface area contributed by atoms with Gasteiger partial charge in [-0.05, 0) is 26.0 Å². The minimum atomic E-state index is -0.325. The Hall–Kier alpha value is -1.76. The van der Waals surface area contributed by atoms with Crippen molar-refractivity contribution in [1.82, 2.24) is 14.8 Å². The van der Waals surface area contributed by atoms with Crippen LogP contribution in [0.3, 0.4) is 0 Å². The molecular weight excluding hydrogens is 322 g/mol. The molecule has 2 heterocycles. The molecule has 1 saturated heterocycles. The Morgan fingerprint density at radius 2 is 1.92 bits per heavy atom. The molecule has 0 unspecified atom stereocenters. The zero-order valence-corrected chi connectivity index (χ0v) is 14.9. The fourth-order valence-electron chi connectivity index (χ4n) is 2.93. The van der Waals surface area contributed by atoms with Gasteiger partial charge in [0.2, 0.25) is 0 Å². The average molecular weight is 345 g/mol. The minimum absolute atomic E-state index is 0.0774. The molecule has 0 aliphatic carbocycles. The Balaban J connectivity index is 1.61. The fraction of sp³-hybridized carbons (Fsp3) is 0.444. The van der Waals surface area contributed by atoms with Crippen LogP contribution in [0.2, 0.25) is 0 Å². The Kier molecular flexibility index (Phi) is 5.28. The second kappa shape index (κ2) is 7.42. The van der Waals surface area contributed by atoms with Gasteiger partial charge in [0.25, 0.3) is 5.91 Å². The molecule has 2 aromatic rings. The van der Waals surface area contributed by atoms with Gasteiger partial charge in [-0.1, -0.05) is 12.1 Å². The van der Waals surface area contributed by atoms with Crippen LogP contribution in [0.25, 0.3) is 10.6 Å². The summed E-state index contributed by atoms with van der Waals surface area (Å²) < 4.78 is 0. The highest BCUT2D eigenvalue weighted by Crippen LogP contribution is 2.24. The van der Waals surface area contributed by atoms with Gasteiger partial charge in [-0.15, -0.1) is 11.3 Å². The molecule has 3 rings (SSSR count). The van der Waals surface area contributed by atoms with E-state index in [1.165, 1.54) is 0 Å². The van der Waals surface area contributed by atoms with E-state index in [0.29, 0.717) is 19.6 Å². The first kappa shape index (κ1) is 17.1. The van der Waals surface area contributed by atoms with Crippen molar-refractivity contribution in [2.45, 2.75) is 20.0 Å². The number of aromatic nitrogens is 1. The molecule has 1 N–H and O–H groups in total. The van der Waals surface area contributed by atoms with Gasteiger partial charge in [0.15, 0.2) is 0 Å². The molecule has 5 nitrogen and oxygen atoms in total. The predicted molar refractivity (Wildman–Crippen MR) is 96.3 cm³/mol. The number of aryl methyl sites for hydroxylation is 1. The second-order valence-corrected chi connectivity index (χ2v) is 7.17. The Labute approximate surface area is 146 Å². The summed E-state index contributed by atoms with van der Waals surface area (Å²) >= 11 is 1.62. The number of carbonyl (C=O) groups excluding carboxylic acids is 1. The van der Waals surface area contributed by atoms with E-state index in [-0.39, 0.29) is 12.0 Å². The summed E-state index contributed by atoms with van der Waals surface area (Å²) in [4.78, 5) is 21.2. The summed E-state index contributed by atoms with van der Waals surface area (Å²) in [5, 5.41) is 12.5. The van der Waals surface area contributed by atoms with Gasteiger partial charge in [-0.25, -0.2) is 4.98 Å². The van der Waals surface area contributed by atoms with E-state index in [2.05, 4.69) is 9.88 Å². The number of carbonyl (C=O) groups is 1. The molecule has 1 atom stereocenters. The van der Waals surface area contributed by atoms with Crippen LogP contribution in [0, 0.1) is 6.92 Å². The van der Waals surface area contributed by atoms with Gasteiger partial charge in [0.1, 0.15) is 5.01 Å². The number of hydrogen-bond acceptors (Lipinski definition) is 5. The van der Waals surface area contributed by atoms with Crippen LogP contribution in [0.5, 0.6) is 0 Å². The van der Waals surface area contributed by atoms with Crippen molar-refractivity contribution in [2.75, 3.05) is 32.7 Å². The average Bonchev–Trinajstić information content (AvgIpc) is 3.01. The first-order chi connectivity index (χ1) is 11.5. The van der Waals surface area contributed by atoms with Crippen LogP contribution in [0.1, 0.15) is 23.0 Å². The molecule has 1 aromatic carbocycles. The number of benzene rings is 1. The quantitative estimate of drug-likeness (QED) is 0.923. The number of aliphatic hydroxyl groups is 1. The maximum Gasteiger partial charge on any atom is 0.253 e. The van der Waals surface area contributed by atoms with Gasteiger partial charge >= 0.3 is 0 Å². The molecule has 0 saturated carbocycles. The van der Waals surface area contributed by atoms with Crippen LogP contribution >= 0.6 is 11.3 Å². The molecule has 0 bridgehead atoms. The van der Waals surface area contributed by atoms with Crippen molar-refractivity contribution in [2.24, 2.45) is 0 Å². The second-order valence-electron chi connectivity index (χ2n) is 6.31. The van der Waals surface area contributed by atoms with Crippen molar-refractivity contribution in [3.05, 3.63) is 40.9 Å². The molecular formula is C18H23N3O2S. The summed E-state index contributed by atoms with van der Waals surface area (Å²) in [6, 6.07) is 7.71. The number of nitrogens with zero attached hydrogens (tertiary/aromatic N) is 3. The lowest BCUT2D eigenvalue weighted by Crippen LogP contribution is -2.50. The fourth-order valence-corrected chi connectivity index (χ4v) is 3.74. The van der Waals surface area contributed by atoms with E-state index in [1.807, 2.05) is 41.5 Å². The molecule has 1 fully saturated rings. The Morgan fingerprint density at radius 3 is 2.46 bits per heavy atom. The van der Waals surface area contributed by atoms with Crippen LogP contribution in [0.15, 0.2) is 29.6 Å². The molecule has 1 aliphatic rings. The van der Waals surface area contributed by atoms with E-state index in [9.17, 15) is 9.90 Å². The zero-order chi connectivity index (χ0) is 17.1. The lowest BCUT2D eigenvalue weighted by Gasteiger charge is -2.35. The predicted octanol–water partition coefficient (Wildman–Crippen LogP) is 2.26. The van der Waals surface area contributed by atoms with Crippen molar-refractivity contribution >= 4 is 17.2 Å². The van der Waals surface area contributed by atoms with Gasteiger partial charge < -0.3 is 10.0 Å². The molecule has 0 radical (unpaired) electrons. The lowest BCUT2D eigenvalue weighted by molar-refractivity contribution is 0.0554. The highest BCUT2D eigenvalue weighted by Gasteiger charge is 2.22. The van der Waals surface area contributed by atoms with Crippen molar-refractivity contribution in [3.63, 3.8) is 0 Å². The van der Waals surface area contributed by atoms with Gasteiger partial charge in [-0.3, -0.25) is 9.69 Å². The van der Waals surface area contributed by atoms with Crippen LogP contribution in [-0.2, 0) is 0 Å². The van der Waals surface area contributed by atoms with E-state index in [4.69, 9.17) is 0 Å². The molecule has 24 heavy (non-hydrogen) atoms. The smallest absolute Gasteiger partial charge is 0.253 e. The zero-order valence-electron chi connectivity index (χ0n) is 14.1. The maximum atomic E-state index is 12.6.